The summed E-state index contributed by atoms with van der Waals surface area (Å²) in [5.74, 6) is 0. The molecule has 0 saturated carbocycles. The van der Waals surface area contributed by atoms with Crippen molar-refractivity contribution in [1.29, 1.82) is 0 Å². The molecule has 1 heteroatoms. The maximum atomic E-state index is 5.67. The molecule has 0 atom stereocenters. The fourth-order valence-corrected chi connectivity index (χ4v) is 1.84. The summed E-state index contributed by atoms with van der Waals surface area (Å²) in [5, 5.41) is 0. The molecule has 1 nitrogen and oxygen atoms in total. The van der Waals surface area contributed by atoms with Crippen LogP contribution in [0, 0.1) is 0 Å². The van der Waals surface area contributed by atoms with E-state index in [0.29, 0.717) is 6.61 Å². The molecule has 0 N–H and O–H groups in total. The Labute approximate surface area is 91.1 Å². The maximum absolute atomic E-state index is 5.67. The lowest BCUT2D eigenvalue weighted by atomic mass is 9.93. The molecule has 2 rings (SSSR count). The molecule has 0 unspecified atom stereocenters. The van der Waals surface area contributed by atoms with E-state index in [1.807, 2.05) is 18.2 Å². The van der Waals surface area contributed by atoms with Gasteiger partial charge < -0.3 is 4.74 Å². The van der Waals surface area contributed by atoms with E-state index >= 15 is 0 Å². The first kappa shape index (κ1) is 10.2. The molecule has 1 aliphatic rings. The first-order chi connectivity index (χ1) is 7.09. The molecule has 0 amide bonds. The van der Waals surface area contributed by atoms with E-state index in [-0.39, 0.29) is 5.60 Å². The molecule has 1 fully saturated rings. The molecule has 0 radical (unpaired) electrons. The number of ether oxygens (including phenoxy) is 1. The zero-order valence-corrected chi connectivity index (χ0v) is 9.29. The van der Waals surface area contributed by atoms with Crippen molar-refractivity contribution in [2.24, 2.45) is 0 Å². The minimum atomic E-state index is -0.201. The smallest absolute Gasteiger partial charge is 0.0883 e. The van der Waals surface area contributed by atoms with Gasteiger partial charge in [0.25, 0.3) is 0 Å². The molecular weight excluding hydrogens is 184 g/mol. The van der Waals surface area contributed by atoms with Crippen molar-refractivity contribution in [2.75, 3.05) is 6.61 Å². The van der Waals surface area contributed by atoms with Gasteiger partial charge in [-0.05, 0) is 36.6 Å². The quantitative estimate of drug-likeness (QED) is 0.674. The Hall–Kier alpha value is -1.34. The molecule has 0 aromatic heterocycles. The van der Waals surface area contributed by atoms with Gasteiger partial charge in [-0.15, -0.1) is 0 Å². The highest BCUT2D eigenvalue weighted by Crippen LogP contribution is 2.35. The predicted octanol–water partition coefficient (Wildman–Crippen LogP) is 3.44. The molecule has 1 heterocycles. The van der Waals surface area contributed by atoms with Crippen LogP contribution in [0.1, 0.15) is 19.4 Å². The number of hydrogen-bond acceptors (Lipinski definition) is 1. The Morgan fingerprint density at radius 2 is 1.93 bits per heavy atom. The molecule has 0 bridgehead atoms. The summed E-state index contributed by atoms with van der Waals surface area (Å²) >= 11 is 0. The van der Waals surface area contributed by atoms with Crippen LogP contribution in [0.5, 0.6) is 0 Å². The van der Waals surface area contributed by atoms with Gasteiger partial charge >= 0.3 is 0 Å². The van der Waals surface area contributed by atoms with Crippen LogP contribution in [-0.4, -0.2) is 12.2 Å². The van der Waals surface area contributed by atoms with E-state index in [9.17, 15) is 0 Å². The zero-order valence-electron chi connectivity index (χ0n) is 9.29. The first-order valence-corrected chi connectivity index (χ1v) is 5.19. The fourth-order valence-electron chi connectivity index (χ4n) is 1.84. The van der Waals surface area contributed by atoms with Crippen molar-refractivity contribution < 1.29 is 4.74 Å². The lowest BCUT2D eigenvalue weighted by Crippen LogP contribution is -2.19. The highest BCUT2D eigenvalue weighted by Gasteiger charge is 2.32. The van der Waals surface area contributed by atoms with E-state index in [1.54, 1.807) is 0 Å². The topological polar surface area (TPSA) is 9.23 Å². The normalized spacial score (nSPS) is 22.3. The first-order valence-electron chi connectivity index (χ1n) is 5.19. The number of hydrogen-bond donors (Lipinski definition) is 0. The van der Waals surface area contributed by atoms with E-state index < -0.39 is 0 Å². The molecular formula is C14H16O. The van der Waals surface area contributed by atoms with Crippen LogP contribution in [0.2, 0.25) is 0 Å². The number of benzene rings is 1. The highest BCUT2D eigenvalue weighted by atomic mass is 16.5. The van der Waals surface area contributed by atoms with E-state index in [0.717, 1.165) is 5.57 Å². The van der Waals surface area contributed by atoms with Crippen LogP contribution >= 0.6 is 0 Å². The zero-order chi connectivity index (χ0) is 10.9. The third-order valence-corrected chi connectivity index (χ3v) is 2.75. The van der Waals surface area contributed by atoms with Crippen LogP contribution in [0.25, 0.3) is 6.08 Å². The summed E-state index contributed by atoms with van der Waals surface area (Å²) in [6, 6.07) is 10.3. The summed E-state index contributed by atoms with van der Waals surface area (Å²) in [6.45, 7) is 8.85. The summed E-state index contributed by atoms with van der Waals surface area (Å²) in [5.41, 5.74) is 3.29. The minimum Gasteiger partial charge on any atom is -0.366 e. The second-order valence-corrected chi connectivity index (χ2v) is 4.37. The molecule has 0 spiro atoms. The second-order valence-electron chi connectivity index (χ2n) is 4.37. The molecule has 1 aromatic carbocycles. The van der Waals surface area contributed by atoms with Crippen LogP contribution in [0.3, 0.4) is 0 Å². The highest BCUT2D eigenvalue weighted by molar-refractivity contribution is 5.62. The molecule has 1 aromatic rings. The summed E-state index contributed by atoms with van der Waals surface area (Å²) < 4.78 is 5.67. The molecule has 0 aliphatic carbocycles. The SMILES string of the molecule is C=C1COC(C)(C)/C1=C/c1ccccc1. The summed E-state index contributed by atoms with van der Waals surface area (Å²) in [6.07, 6.45) is 2.16. The third kappa shape index (κ3) is 2.02. The van der Waals surface area contributed by atoms with E-state index in [2.05, 4.69) is 38.6 Å². The Kier molecular flexibility index (Phi) is 2.49. The minimum absolute atomic E-state index is 0.201. The van der Waals surface area contributed by atoms with Crippen molar-refractivity contribution in [3.8, 4) is 0 Å². The van der Waals surface area contributed by atoms with Crippen LogP contribution < -0.4 is 0 Å². The summed E-state index contributed by atoms with van der Waals surface area (Å²) in [7, 11) is 0. The average Bonchev–Trinajstić information content (AvgIpc) is 2.47. The third-order valence-electron chi connectivity index (χ3n) is 2.75. The van der Waals surface area contributed by atoms with Gasteiger partial charge in [-0.1, -0.05) is 36.9 Å². The molecule has 15 heavy (non-hydrogen) atoms. The van der Waals surface area contributed by atoms with Gasteiger partial charge in [-0.25, -0.2) is 0 Å². The van der Waals surface area contributed by atoms with E-state index in [4.69, 9.17) is 4.74 Å². The van der Waals surface area contributed by atoms with Crippen molar-refractivity contribution in [3.05, 3.63) is 53.6 Å². The standard InChI is InChI=1S/C14H16O/c1-11-10-15-14(2,3)13(11)9-12-7-5-4-6-8-12/h4-9H,1,10H2,2-3H3/b13-9+. The van der Waals surface area contributed by atoms with Crippen molar-refractivity contribution in [3.63, 3.8) is 0 Å². The predicted molar refractivity (Wildman–Crippen MR) is 63.6 cm³/mol. The lowest BCUT2D eigenvalue weighted by Gasteiger charge is -2.18. The Morgan fingerprint density at radius 3 is 2.47 bits per heavy atom. The largest absolute Gasteiger partial charge is 0.366 e. The molecule has 78 valence electrons. The molecule has 1 saturated heterocycles. The maximum Gasteiger partial charge on any atom is 0.0883 e. The van der Waals surface area contributed by atoms with Crippen LogP contribution in [0.4, 0.5) is 0 Å². The Balaban J connectivity index is 2.38. The fraction of sp³-hybridized carbons (Fsp3) is 0.286. The van der Waals surface area contributed by atoms with Crippen molar-refractivity contribution in [2.45, 2.75) is 19.4 Å². The van der Waals surface area contributed by atoms with Gasteiger partial charge in [0.05, 0.1) is 12.2 Å². The van der Waals surface area contributed by atoms with Gasteiger partial charge in [0.15, 0.2) is 0 Å². The average molecular weight is 200 g/mol. The van der Waals surface area contributed by atoms with Gasteiger partial charge in [0.2, 0.25) is 0 Å². The van der Waals surface area contributed by atoms with Crippen LogP contribution in [-0.2, 0) is 4.74 Å². The van der Waals surface area contributed by atoms with Gasteiger partial charge in [-0.3, -0.25) is 0 Å². The molecule has 1 aliphatic heterocycles. The van der Waals surface area contributed by atoms with Crippen molar-refractivity contribution in [1.82, 2.24) is 0 Å². The van der Waals surface area contributed by atoms with E-state index in [1.165, 1.54) is 11.1 Å². The van der Waals surface area contributed by atoms with Crippen LogP contribution in [0.15, 0.2) is 48.1 Å². The Bertz CT molecular complexity index is 399. The second kappa shape index (κ2) is 3.67. The Morgan fingerprint density at radius 1 is 1.27 bits per heavy atom. The number of rotatable bonds is 1. The van der Waals surface area contributed by atoms with Gasteiger partial charge in [-0.2, -0.15) is 0 Å². The lowest BCUT2D eigenvalue weighted by molar-refractivity contribution is 0.0592. The summed E-state index contributed by atoms with van der Waals surface area (Å²) in [4.78, 5) is 0. The van der Waals surface area contributed by atoms with Gasteiger partial charge in [0, 0.05) is 0 Å². The monoisotopic (exact) mass is 200 g/mol. The van der Waals surface area contributed by atoms with Crippen molar-refractivity contribution >= 4 is 6.08 Å². The van der Waals surface area contributed by atoms with Gasteiger partial charge in [0.1, 0.15) is 0 Å².